The monoisotopic (exact) mass is 274 g/mol. The van der Waals surface area contributed by atoms with Crippen LogP contribution >= 0.6 is 0 Å². The van der Waals surface area contributed by atoms with Gasteiger partial charge in [-0.1, -0.05) is 58.8 Å². The van der Waals surface area contributed by atoms with Crippen LogP contribution in [-0.4, -0.2) is 21.8 Å². The van der Waals surface area contributed by atoms with Gasteiger partial charge in [0.1, 0.15) is 0 Å². The zero-order valence-corrected chi connectivity index (χ0v) is 14.1. The molecular formula is C15H34O2Si. The molecule has 0 aromatic carbocycles. The highest BCUT2D eigenvalue weighted by Crippen LogP contribution is 2.23. The molecule has 0 aliphatic carbocycles. The molecule has 0 unspecified atom stereocenters. The maximum Gasteiger partial charge on any atom is 0.337 e. The lowest BCUT2D eigenvalue weighted by atomic mass is 10.1. The second-order valence-electron chi connectivity index (χ2n) is 5.00. The number of unbranched alkanes of at least 4 members (excludes halogenated alkanes) is 6. The van der Waals surface area contributed by atoms with Gasteiger partial charge in [0, 0.05) is 13.2 Å². The van der Waals surface area contributed by atoms with E-state index in [9.17, 15) is 0 Å². The quantitative estimate of drug-likeness (QED) is 0.336. The fourth-order valence-electron chi connectivity index (χ4n) is 2.44. The summed E-state index contributed by atoms with van der Waals surface area (Å²) in [5.41, 5.74) is 0. The number of hydrogen-bond acceptors (Lipinski definition) is 2. The summed E-state index contributed by atoms with van der Waals surface area (Å²) in [4.78, 5) is 0. The van der Waals surface area contributed by atoms with Crippen LogP contribution in [0.5, 0.6) is 0 Å². The van der Waals surface area contributed by atoms with Crippen molar-refractivity contribution in [2.75, 3.05) is 13.2 Å². The van der Waals surface area contributed by atoms with Crippen molar-refractivity contribution in [3.63, 3.8) is 0 Å². The van der Waals surface area contributed by atoms with Crippen LogP contribution in [0.25, 0.3) is 0 Å². The lowest BCUT2D eigenvalue weighted by molar-refractivity contribution is 0.182. The Morgan fingerprint density at radius 1 is 0.667 bits per heavy atom. The molecule has 110 valence electrons. The molecule has 2 nitrogen and oxygen atoms in total. The van der Waals surface area contributed by atoms with Crippen LogP contribution in [0.2, 0.25) is 12.1 Å². The van der Waals surface area contributed by atoms with E-state index in [0.29, 0.717) is 0 Å². The van der Waals surface area contributed by atoms with Crippen molar-refractivity contribution in [1.82, 2.24) is 0 Å². The van der Waals surface area contributed by atoms with E-state index in [4.69, 9.17) is 8.85 Å². The lowest BCUT2D eigenvalue weighted by Gasteiger charge is -2.28. The summed E-state index contributed by atoms with van der Waals surface area (Å²) in [7, 11) is -1.84. The molecular weight excluding hydrogens is 240 g/mol. The van der Waals surface area contributed by atoms with Crippen LogP contribution in [0.1, 0.15) is 72.6 Å². The number of hydrogen-bond donors (Lipinski definition) is 0. The predicted octanol–water partition coefficient (Wildman–Crippen LogP) is 5.27. The van der Waals surface area contributed by atoms with Gasteiger partial charge >= 0.3 is 8.56 Å². The molecule has 0 saturated carbocycles. The lowest BCUT2D eigenvalue weighted by Crippen LogP contribution is -2.41. The molecule has 0 fully saturated rings. The summed E-state index contributed by atoms with van der Waals surface area (Å²) in [5.74, 6) is 0. The van der Waals surface area contributed by atoms with Gasteiger partial charge in [0.25, 0.3) is 0 Å². The van der Waals surface area contributed by atoms with Crippen LogP contribution in [0.4, 0.5) is 0 Å². The Bertz CT molecular complexity index is 168. The first-order chi connectivity index (χ1) is 8.74. The van der Waals surface area contributed by atoms with Crippen molar-refractivity contribution < 1.29 is 8.85 Å². The van der Waals surface area contributed by atoms with Crippen LogP contribution in [0, 0.1) is 0 Å². The Morgan fingerprint density at radius 3 is 1.61 bits per heavy atom. The van der Waals surface area contributed by atoms with E-state index in [1.807, 2.05) is 0 Å². The molecule has 0 aliphatic rings. The molecule has 0 amide bonds. The first-order valence-corrected chi connectivity index (χ1v) is 10.3. The van der Waals surface area contributed by atoms with Crippen molar-refractivity contribution in [3.8, 4) is 0 Å². The van der Waals surface area contributed by atoms with Crippen molar-refractivity contribution in [2.45, 2.75) is 84.7 Å². The SMILES string of the molecule is CCCCCCCCC[Si](CC)(OCC)OCC. The average molecular weight is 275 g/mol. The van der Waals surface area contributed by atoms with Gasteiger partial charge in [0.2, 0.25) is 0 Å². The zero-order chi connectivity index (χ0) is 13.7. The second kappa shape index (κ2) is 12.2. The van der Waals surface area contributed by atoms with Crippen molar-refractivity contribution >= 4 is 8.56 Å². The maximum absolute atomic E-state index is 5.98. The molecule has 0 saturated heterocycles. The van der Waals surface area contributed by atoms with Crippen LogP contribution in [-0.2, 0) is 8.85 Å². The summed E-state index contributed by atoms with van der Waals surface area (Å²) in [5, 5.41) is 0. The molecule has 0 aromatic rings. The standard InChI is InChI=1S/C15H34O2Si/c1-5-9-10-11-12-13-14-15-18(8-4,16-6-2)17-7-3/h5-15H2,1-4H3. The third kappa shape index (κ3) is 8.28. The Kier molecular flexibility index (Phi) is 12.3. The Balaban J connectivity index is 3.75. The topological polar surface area (TPSA) is 18.5 Å². The first-order valence-electron chi connectivity index (χ1n) is 8.02. The zero-order valence-electron chi connectivity index (χ0n) is 13.1. The fourth-order valence-corrected chi connectivity index (χ4v) is 5.42. The Morgan fingerprint density at radius 2 is 1.17 bits per heavy atom. The maximum atomic E-state index is 5.98. The van der Waals surface area contributed by atoms with Gasteiger partial charge in [-0.2, -0.15) is 0 Å². The molecule has 0 aromatic heterocycles. The molecule has 18 heavy (non-hydrogen) atoms. The minimum Gasteiger partial charge on any atom is -0.394 e. The summed E-state index contributed by atoms with van der Waals surface area (Å²) < 4.78 is 12.0. The molecule has 3 heteroatoms. The molecule has 0 aliphatic heterocycles. The molecule has 0 spiro atoms. The van der Waals surface area contributed by atoms with E-state index in [2.05, 4.69) is 27.7 Å². The largest absolute Gasteiger partial charge is 0.394 e. The third-order valence-corrected chi connectivity index (χ3v) is 7.34. The third-order valence-electron chi connectivity index (χ3n) is 3.51. The highest BCUT2D eigenvalue weighted by molar-refractivity contribution is 6.67. The minimum atomic E-state index is -1.84. The van der Waals surface area contributed by atoms with E-state index < -0.39 is 8.56 Å². The van der Waals surface area contributed by atoms with Crippen molar-refractivity contribution in [2.24, 2.45) is 0 Å². The predicted molar refractivity (Wildman–Crippen MR) is 82.3 cm³/mol. The molecule has 0 heterocycles. The van der Waals surface area contributed by atoms with E-state index in [-0.39, 0.29) is 0 Å². The fraction of sp³-hybridized carbons (Fsp3) is 1.00. The van der Waals surface area contributed by atoms with E-state index in [0.717, 1.165) is 19.3 Å². The number of rotatable bonds is 13. The first kappa shape index (κ1) is 18.1. The molecule has 0 atom stereocenters. The van der Waals surface area contributed by atoms with Gasteiger partial charge in [0.15, 0.2) is 0 Å². The molecule has 0 rings (SSSR count). The minimum absolute atomic E-state index is 0.802. The normalized spacial score (nSPS) is 12.0. The van der Waals surface area contributed by atoms with Crippen molar-refractivity contribution in [1.29, 1.82) is 0 Å². The van der Waals surface area contributed by atoms with Gasteiger partial charge in [-0.05, 0) is 25.9 Å². The molecule has 0 bridgehead atoms. The molecule has 0 radical (unpaired) electrons. The Labute approximate surface area is 116 Å². The summed E-state index contributed by atoms with van der Waals surface area (Å²) in [6, 6.07) is 2.27. The van der Waals surface area contributed by atoms with Gasteiger partial charge < -0.3 is 8.85 Å². The van der Waals surface area contributed by atoms with Crippen LogP contribution in [0.3, 0.4) is 0 Å². The van der Waals surface area contributed by atoms with E-state index in [1.54, 1.807) is 0 Å². The summed E-state index contributed by atoms with van der Waals surface area (Å²) in [6.45, 7) is 10.3. The van der Waals surface area contributed by atoms with Gasteiger partial charge in [-0.3, -0.25) is 0 Å². The van der Waals surface area contributed by atoms with Gasteiger partial charge in [-0.15, -0.1) is 0 Å². The van der Waals surface area contributed by atoms with Crippen molar-refractivity contribution in [3.05, 3.63) is 0 Å². The smallest absolute Gasteiger partial charge is 0.337 e. The van der Waals surface area contributed by atoms with E-state index >= 15 is 0 Å². The Hall–Kier alpha value is 0.137. The van der Waals surface area contributed by atoms with Gasteiger partial charge in [0.05, 0.1) is 0 Å². The highest BCUT2D eigenvalue weighted by atomic mass is 28.4. The van der Waals surface area contributed by atoms with Crippen LogP contribution < -0.4 is 0 Å². The second-order valence-corrected chi connectivity index (χ2v) is 8.61. The van der Waals surface area contributed by atoms with Crippen LogP contribution in [0.15, 0.2) is 0 Å². The average Bonchev–Trinajstić information content (AvgIpc) is 2.38. The molecule has 0 N–H and O–H groups in total. The van der Waals surface area contributed by atoms with Gasteiger partial charge in [-0.25, -0.2) is 0 Å². The summed E-state index contributed by atoms with van der Waals surface area (Å²) in [6.07, 6.45) is 9.55. The highest BCUT2D eigenvalue weighted by Gasteiger charge is 2.33. The van der Waals surface area contributed by atoms with E-state index in [1.165, 1.54) is 51.0 Å². The summed E-state index contributed by atoms with van der Waals surface area (Å²) >= 11 is 0.